The molecule has 6 nitrogen and oxygen atoms in total. The predicted octanol–water partition coefficient (Wildman–Crippen LogP) is 2.61. The first-order valence-corrected chi connectivity index (χ1v) is 9.47. The van der Waals surface area contributed by atoms with Crippen LogP contribution in [-0.4, -0.2) is 53.4 Å². The molecule has 6 rings (SSSR count). The van der Waals surface area contributed by atoms with Crippen LogP contribution < -0.4 is 9.47 Å². The van der Waals surface area contributed by atoms with Crippen molar-refractivity contribution in [2.24, 2.45) is 0 Å². The van der Waals surface area contributed by atoms with Crippen molar-refractivity contribution in [3.05, 3.63) is 29.0 Å². The van der Waals surface area contributed by atoms with E-state index >= 15 is 0 Å². The molecular weight excluding hydrogens is 334 g/mol. The van der Waals surface area contributed by atoms with Crippen LogP contribution in [0.25, 0.3) is 5.57 Å². The van der Waals surface area contributed by atoms with E-state index in [0.29, 0.717) is 5.76 Å². The summed E-state index contributed by atoms with van der Waals surface area (Å²) in [5.74, 6) is 1.20. The molecule has 26 heavy (non-hydrogen) atoms. The second-order valence-corrected chi connectivity index (χ2v) is 8.36. The zero-order valence-corrected chi connectivity index (χ0v) is 15.1. The van der Waals surface area contributed by atoms with Crippen molar-refractivity contribution in [2.45, 2.75) is 56.6 Å². The van der Waals surface area contributed by atoms with Gasteiger partial charge in [0.05, 0.1) is 5.54 Å². The first-order chi connectivity index (χ1) is 12.5. The fourth-order valence-electron chi connectivity index (χ4n) is 5.68. The fourth-order valence-corrected chi connectivity index (χ4v) is 5.68. The summed E-state index contributed by atoms with van der Waals surface area (Å²) >= 11 is 0. The third-order valence-corrected chi connectivity index (χ3v) is 6.59. The Bertz CT molecular complexity index is 847. The summed E-state index contributed by atoms with van der Waals surface area (Å²) in [6, 6.07) is 4.12. The number of benzene rings is 1. The highest BCUT2D eigenvalue weighted by atomic mass is 16.8. The number of nitrogens with zero attached hydrogens (tertiary/aromatic N) is 1. The van der Waals surface area contributed by atoms with E-state index in [1.54, 1.807) is 0 Å². The molecule has 0 aromatic heterocycles. The number of hydrogen-bond donors (Lipinski definition) is 1. The summed E-state index contributed by atoms with van der Waals surface area (Å²) in [7, 11) is 0. The molecule has 1 spiro atoms. The van der Waals surface area contributed by atoms with Crippen LogP contribution in [0.15, 0.2) is 17.9 Å². The lowest BCUT2D eigenvalue weighted by Gasteiger charge is -2.40. The normalized spacial score (nSPS) is 36.5. The Balaban J connectivity index is 1.60. The molecule has 5 aliphatic rings. The van der Waals surface area contributed by atoms with Crippen molar-refractivity contribution < 1.29 is 24.1 Å². The standard InChI is InChI=1S/C20H23NO5/c1-19(2)25-17-16(22)15-12-9-14-13(23-10-24-14)8-11(12)4-7-21-6-3-5-20(15,21)18(17)26-19/h8-9,17-18,22H,3-7,10H2,1-2H3/t17-,18-,20-/m1/s1. The van der Waals surface area contributed by atoms with Gasteiger partial charge < -0.3 is 24.1 Å². The number of rotatable bonds is 0. The molecule has 4 aliphatic heterocycles. The van der Waals surface area contributed by atoms with E-state index in [1.165, 1.54) is 5.56 Å². The van der Waals surface area contributed by atoms with E-state index in [4.69, 9.17) is 18.9 Å². The second kappa shape index (κ2) is 4.74. The number of ether oxygens (including phenoxy) is 4. The largest absolute Gasteiger partial charge is 0.509 e. The molecule has 1 aromatic rings. The number of aliphatic hydroxyl groups excluding tert-OH is 1. The number of fused-ring (bicyclic) bond motifs is 4. The van der Waals surface area contributed by atoms with E-state index in [0.717, 1.165) is 55.0 Å². The van der Waals surface area contributed by atoms with E-state index in [9.17, 15) is 5.11 Å². The monoisotopic (exact) mass is 357 g/mol. The average molecular weight is 357 g/mol. The Labute approximate surface area is 152 Å². The third kappa shape index (κ3) is 1.73. The smallest absolute Gasteiger partial charge is 0.231 e. The predicted molar refractivity (Wildman–Crippen MR) is 93.2 cm³/mol. The lowest BCUT2D eigenvalue weighted by molar-refractivity contribution is -0.156. The van der Waals surface area contributed by atoms with Gasteiger partial charge in [0.1, 0.15) is 18.0 Å². The lowest BCUT2D eigenvalue weighted by Crippen LogP contribution is -2.53. The highest BCUT2D eigenvalue weighted by Crippen LogP contribution is 2.58. The van der Waals surface area contributed by atoms with Crippen LogP contribution in [0.5, 0.6) is 11.5 Å². The van der Waals surface area contributed by atoms with Crippen molar-refractivity contribution in [1.82, 2.24) is 4.90 Å². The van der Waals surface area contributed by atoms with Crippen molar-refractivity contribution >= 4 is 5.57 Å². The zero-order chi connectivity index (χ0) is 17.7. The van der Waals surface area contributed by atoms with Crippen LogP contribution in [0.1, 0.15) is 37.8 Å². The van der Waals surface area contributed by atoms with Crippen molar-refractivity contribution in [1.29, 1.82) is 0 Å². The Hall–Kier alpha value is -1.76. The van der Waals surface area contributed by atoms with Crippen molar-refractivity contribution in [2.75, 3.05) is 19.9 Å². The van der Waals surface area contributed by atoms with Gasteiger partial charge >= 0.3 is 0 Å². The molecule has 0 bridgehead atoms. The fraction of sp³-hybridized carbons (Fsp3) is 0.600. The van der Waals surface area contributed by atoms with Crippen LogP contribution in [0.2, 0.25) is 0 Å². The Morgan fingerprint density at radius 2 is 1.92 bits per heavy atom. The molecule has 0 saturated carbocycles. The minimum atomic E-state index is -0.679. The molecule has 6 heteroatoms. The van der Waals surface area contributed by atoms with Gasteiger partial charge in [-0.15, -0.1) is 0 Å². The van der Waals surface area contributed by atoms with E-state index < -0.39 is 11.9 Å². The molecule has 1 aromatic carbocycles. The Morgan fingerprint density at radius 3 is 2.77 bits per heavy atom. The maximum absolute atomic E-state index is 11.3. The first-order valence-electron chi connectivity index (χ1n) is 9.47. The molecule has 1 N–H and O–H groups in total. The Morgan fingerprint density at radius 1 is 1.12 bits per heavy atom. The molecule has 0 radical (unpaired) electrons. The van der Waals surface area contributed by atoms with Crippen molar-refractivity contribution in [3.63, 3.8) is 0 Å². The van der Waals surface area contributed by atoms with Gasteiger partial charge in [0.25, 0.3) is 0 Å². The second-order valence-electron chi connectivity index (χ2n) is 8.36. The maximum atomic E-state index is 11.3. The lowest BCUT2D eigenvalue weighted by atomic mass is 9.81. The molecule has 2 fully saturated rings. The SMILES string of the molecule is CC1(C)O[C@@H]2C(O)=C3c4cc5c(cc4CCN4CCC[C@]34[C@@H]2O1)OCO5. The quantitative estimate of drug-likeness (QED) is 0.770. The summed E-state index contributed by atoms with van der Waals surface area (Å²) in [6.07, 6.45) is 2.42. The van der Waals surface area contributed by atoms with Gasteiger partial charge in [-0.1, -0.05) is 0 Å². The Kier molecular flexibility index (Phi) is 2.79. The summed E-state index contributed by atoms with van der Waals surface area (Å²) in [5, 5.41) is 11.3. The van der Waals surface area contributed by atoms with Gasteiger partial charge in [-0.3, -0.25) is 4.90 Å². The first kappa shape index (κ1) is 15.3. The van der Waals surface area contributed by atoms with E-state index in [2.05, 4.69) is 11.0 Å². The molecule has 2 saturated heterocycles. The molecule has 4 heterocycles. The zero-order valence-electron chi connectivity index (χ0n) is 15.1. The average Bonchev–Trinajstić information content (AvgIpc) is 3.31. The highest BCUT2D eigenvalue weighted by molar-refractivity contribution is 5.83. The molecular formula is C20H23NO5. The van der Waals surface area contributed by atoms with Gasteiger partial charge in [-0.05, 0) is 62.9 Å². The third-order valence-electron chi connectivity index (χ3n) is 6.59. The van der Waals surface area contributed by atoms with Crippen LogP contribution in [0.4, 0.5) is 0 Å². The van der Waals surface area contributed by atoms with Crippen LogP contribution in [0.3, 0.4) is 0 Å². The van der Waals surface area contributed by atoms with Gasteiger partial charge in [0, 0.05) is 12.1 Å². The minimum absolute atomic E-state index is 0.175. The topological polar surface area (TPSA) is 60.4 Å². The minimum Gasteiger partial charge on any atom is -0.509 e. The van der Waals surface area contributed by atoms with Crippen LogP contribution in [0, 0.1) is 0 Å². The number of hydrogen-bond acceptors (Lipinski definition) is 6. The maximum Gasteiger partial charge on any atom is 0.231 e. The highest BCUT2D eigenvalue weighted by Gasteiger charge is 2.66. The van der Waals surface area contributed by atoms with Crippen LogP contribution in [-0.2, 0) is 15.9 Å². The number of aliphatic hydroxyl groups is 1. The molecule has 1 aliphatic carbocycles. The van der Waals surface area contributed by atoms with Gasteiger partial charge in [0.2, 0.25) is 6.79 Å². The molecule has 138 valence electrons. The summed E-state index contributed by atoms with van der Waals surface area (Å²) < 4.78 is 23.7. The summed E-state index contributed by atoms with van der Waals surface area (Å²) in [5.41, 5.74) is 2.92. The molecule has 0 amide bonds. The van der Waals surface area contributed by atoms with Crippen LogP contribution >= 0.6 is 0 Å². The summed E-state index contributed by atoms with van der Waals surface area (Å²) in [6.45, 7) is 6.07. The van der Waals surface area contributed by atoms with Gasteiger partial charge in [0.15, 0.2) is 17.3 Å². The van der Waals surface area contributed by atoms with E-state index in [-0.39, 0.29) is 18.4 Å². The van der Waals surface area contributed by atoms with Crippen molar-refractivity contribution in [3.8, 4) is 11.5 Å². The van der Waals surface area contributed by atoms with Gasteiger partial charge in [-0.25, -0.2) is 0 Å². The summed E-state index contributed by atoms with van der Waals surface area (Å²) in [4.78, 5) is 2.50. The van der Waals surface area contributed by atoms with Gasteiger partial charge in [-0.2, -0.15) is 0 Å². The molecule has 0 unspecified atom stereocenters. The molecule has 3 atom stereocenters. The van der Waals surface area contributed by atoms with E-state index in [1.807, 2.05) is 19.9 Å².